The Hall–Kier alpha value is -1.91. The molecule has 2 bridgehead atoms. The third-order valence-electron chi connectivity index (χ3n) is 6.87. The number of likely N-dealkylation sites (tertiary alicyclic amines) is 1. The van der Waals surface area contributed by atoms with E-state index < -0.39 is 11.9 Å². The van der Waals surface area contributed by atoms with Crippen LogP contribution in [-0.4, -0.2) is 82.4 Å². The average Bonchev–Trinajstić information content (AvgIpc) is 3.30. The second-order valence-corrected chi connectivity index (χ2v) is 9.98. The van der Waals surface area contributed by atoms with Gasteiger partial charge in [-0.05, 0) is 61.3 Å². The summed E-state index contributed by atoms with van der Waals surface area (Å²) < 4.78 is 21.2. The zero-order chi connectivity index (χ0) is 22.6. The van der Waals surface area contributed by atoms with Crippen molar-refractivity contribution in [1.82, 2.24) is 19.8 Å². The molecular formula is C21H24BrClFN5O3. The van der Waals surface area contributed by atoms with Crippen molar-refractivity contribution in [1.29, 1.82) is 0 Å². The number of hydrogen-bond acceptors (Lipinski definition) is 6. The fourth-order valence-electron chi connectivity index (χ4n) is 5.19. The maximum absolute atomic E-state index is 15.1. The molecule has 1 aromatic carbocycles. The van der Waals surface area contributed by atoms with Crippen LogP contribution < -0.4 is 9.64 Å². The molecule has 3 aliphatic rings. The van der Waals surface area contributed by atoms with Crippen LogP contribution in [0.4, 0.5) is 15.0 Å². The molecule has 1 aromatic heterocycles. The van der Waals surface area contributed by atoms with Gasteiger partial charge in [0.15, 0.2) is 5.82 Å². The highest BCUT2D eigenvalue weighted by Gasteiger charge is 2.43. The van der Waals surface area contributed by atoms with Gasteiger partial charge in [-0.15, -0.1) is 0 Å². The van der Waals surface area contributed by atoms with Crippen LogP contribution in [0, 0.1) is 5.82 Å². The number of rotatable bonds is 4. The van der Waals surface area contributed by atoms with Gasteiger partial charge in [0.2, 0.25) is 0 Å². The molecule has 0 spiro atoms. The summed E-state index contributed by atoms with van der Waals surface area (Å²) >= 11 is 9.46. The Kier molecular flexibility index (Phi) is 5.79. The van der Waals surface area contributed by atoms with Gasteiger partial charge in [-0.3, -0.25) is 4.90 Å². The van der Waals surface area contributed by atoms with Gasteiger partial charge in [-0.25, -0.2) is 9.18 Å². The monoisotopic (exact) mass is 527 g/mol. The lowest BCUT2D eigenvalue weighted by Crippen LogP contribution is -2.55. The SMILES string of the molecule is CN1CCC[C@H]1COc1nc(N2C[C@H]3CC[C@@H](C2)N3C(=O)O)c2cc(Cl)c(Br)c(F)c2n1. The molecule has 32 heavy (non-hydrogen) atoms. The summed E-state index contributed by atoms with van der Waals surface area (Å²) in [6.45, 7) is 2.41. The van der Waals surface area contributed by atoms with Crippen LogP contribution in [0.5, 0.6) is 6.01 Å². The Labute approximate surface area is 198 Å². The van der Waals surface area contributed by atoms with Crippen molar-refractivity contribution < 1.29 is 19.0 Å². The molecular weight excluding hydrogens is 505 g/mol. The molecule has 3 saturated heterocycles. The number of benzene rings is 1. The number of nitrogens with zero attached hydrogens (tertiary/aromatic N) is 5. The minimum atomic E-state index is -0.896. The number of likely N-dealkylation sites (N-methyl/N-ethyl adjacent to an activating group) is 1. The van der Waals surface area contributed by atoms with E-state index in [1.54, 1.807) is 6.07 Å². The summed E-state index contributed by atoms with van der Waals surface area (Å²) in [4.78, 5) is 26.5. The van der Waals surface area contributed by atoms with Gasteiger partial charge in [-0.1, -0.05) is 11.6 Å². The lowest BCUT2D eigenvalue weighted by atomic mass is 10.1. The number of halogens is 3. The van der Waals surface area contributed by atoms with E-state index in [0.717, 1.165) is 32.2 Å². The Morgan fingerprint density at radius 2 is 2.03 bits per heavy atom. The number of fused-ring (bicyclic) bond motifs is 3. The molecule has 0 aliphatic carbocycles. The molecule has 3 atom stereocenters. The topological polar surface area (TPSA) is 82.0 Å². The van der Waals surface area contributed by atoms with Gasteiger partial charge in [-0.2, -0.15) is 9.97 Å². The quantitative estimate of drug-likeness (QED) is 0.601. The lowest BCUT2D eigenvalue weighted by molar-refractivity contribution is 0.114. The van der Waals surface area contributed by atoms with Crippen LogP contribution >= 0.6 is 27.5 Å². The number of amides is 1. The predicted molar refractivity (Wildman–Crippen MR) is 122 cm³/mol. The highest BCUT2D eigenvalue weighted by Crippen LogP contribution is 2.39. The fraction of sp³-hybridized carbons (Fsp3) is 0.571. The molecule has 2 aromatic rings. The Morgan fingerprint density at radius 1 is 1.31 bits per heavy atom. The van der Waals surface area contributed by atoms with E-state index in [9.17, 15) is 9.90 Å². The van der Waals surface area contributed by atoms with Gasteiger partial charge < -0.3 is 19.6 Å². The molecule has 1 amide bonds. The standard InChI is InChI=1S/C21H24BrClFN5O3/c1-27-6-2-3-13(27)10-32-20-25-18-14(7-15(23)16(22)17(18)24)19(26-20)28-8-11-4-5-12(9-28)29(11)21(30)31/h7,11-13H,2-6,8-10H2,1H3,(H,30,31)/t11-,12+,13-/m0/s1. The van der Waals surface area contributed by atoms with Crippen LogP contribution in [0.2, 0.25) is 5.02 Å². The number of carbonyl (C=O) groups is 1. The van der Waals surface area contributed by atoms with E-state index in [4.69, 9.17) is 16.3 Å². The molecule has 11 heteroatoms. The summed E-state index contributed by atoms with van der Waals surface area (Å²) in [6.07, 6.45) is 2.86. The van der Waals surface area contributed by atoms with Gasteiger partial charge in [0, 0.05) is 24.5 Å². The van der Waals surface area contributed by atoms with Gasteiger partial charge in [0.25, 0.3) is 0 Å². The van der Waals surface area contributed by atoms with Crippen molar-refractivity contribution >= 4 is 50.3 Å². The number of hydrogen-bond donors (Lipinski definition) is 1. The number of aromatic nitrogens is 2. The first-order valence-corrected chi connectivity index (χ1v) is 11.9. The molecule has 0 saturated carbocycles. The molecule has 0 radical (unpaired) electrons. The Morgan fingerprint density at radius 3 is 2.66 bits per heavy atom. The maximum Gasteiger partial charge on any atom is 0.407 e. The van der Waals surface area contributed by atoms with E-state index in [2.05, 4.69) is 37.8 Å². The minimum absolute atomic E-state index is 0.119. The van der Waals surface area contributed by atoms with Crippen LogP contribution in [0.3, 0.4) is 0 Å². The van der Waals surface area contributed by atoms with Crippen LogP contribution in [0.1, 0.15) is 25.7 Å². The largest absolute Gasteiger partial charge is 0.465 e. The zero-order valence-electron chi connectivity index (χ0n) is 17.6. The predicted octanol–water partition coefficient (Wildman–Crippen LogP) is 3.99. The first kappa shape index (κ1) is 21.9. The van der Waals surface area contributed by atoms with Gasteiger partial charge in [0.05, 0.1) is 21.6 Å². The van der Waals surface area contributed by atoms with Crippen LogP contribution in [0.25, 0.3) is 10.9 Å². The van der Waals surface area contributed by atoms with Crippen molar-refractivity contribution in [3.8, 4) is 6.01 Å². The third-order valence-corrected chi connectivity index (χ3v) is 8.17. The number of ether oxygens (including phenoxy) is 1. The van der Waals surface area contributed by atoms with Crippen LogP contribution in [0.15, 0.2) is 10.5 Å². The average molecular weight is 529 g/mol. The number of piperazine rings is 1. The first-order chi connectivity index (χ1) is 15.3. The summed E-state index contributed by atoms with van der Waals surface area (Å²) in [5.74, 6) is -0.0360. The van der Waals surface area contributed by atoms with Crippen molar-refractivity contribution in [2.24, 2.45) is 0 Å². The van der Waals surface area contributed by atoms with Crippen molar-refractivity contribution in [2.45, 2.75) is 43.8 Å². The molecule has 3 fully saturated rings. The van der Waals surface area contributed by atoms with Crippen molar-refractivity contribution in [3.63, 3.8) is 0 Å². The molecule has 3 aliphatic heterocycles. The van der Waals surface area contributed by atoms with Crippen LogP contribution in [-0.2, 0) is 0 Å². The van der Waals surface area contributed by atoms with E-state index in [1.165, 1.54) is 4.90 Å². The highest BCUT2D eigenvalue weighted by atomic mass is 79.9. The van der Waals surface area contributed by atoms with Crippen molar-refractivity contribution in [2.75, 3.05) is 38.2 Å². The number of anilines is 1. The summed E-state index contributed by atoms with van der Waals surface area (Å²) in [5, 5.41) is 10.3. The molecule has 1 N–H and O–H groups in total. The second kappa shape index (κ2) is 8.46. The lowest BCUT2D eigenvalue weighted by Gasteiger charge is -2.40. The first-order valence-electron chi connectivity index (χ1n) is 10.8. The number of carboxylic acid groups (broad SMARTS) is 1. The third kappa shape index (κ3) is 3.76. The summed E-state index contributed by atoms with van der Waals surface area (Å²) in [5.41, 5.74) is 0.133. The second-order valence-electron chi connectivity index (χ2n) is 8.78. The van der Waals surface area contributed by atoms with E-state index in [-0.39, 0.29) is 39.1 Å². The highest BCUT2D eigenvalue weighted by molar-refractivity contribution is 9.10. The fourth-order valence-corrected chi connectivity index (χ4v) is 5.69. The summed E-state index contributed by atoms with van der Waals surface area (Å²) in [6, 6.07) is 1.80. The normalized spacial score (nSPS) is 25.7. The molecule has 4 heterocycles. The smallest absolute Gasteiger partial charge is 0.407 e. The molecule has 5 rings (SSSR count). The Balaban J connectivity index is 1.52. The molecule has 172 valence electrons. The molecule has 8 nitrogen and oxygen atoms in total. The molecule has 0 unspecified atom stereocenters. The minimum Gasteiger partial charge on any atom is -0.465 e. The van der Waals surface area contributed by atoms with E-state index in [0.29, 0.717) is 30.9 Å². The van der Waals surface area contributed by atoms with E-state index in [1.807, 2.05) is 4.90 Å². The van der Waals surface area contributed by atoms with Gasteiger partial charge >= 0.3 is 12.1 Å². The Bertz CT molecular complexity index is 1060. The van der Waals surface area contributed by atoms with E-state index >= 15 is 4.39 Å². The van der Waals surface area contributed by atoms with Gasteiger partial charge in [0.1, 0.15) is 17.9 Å². The summed E-state index contributed by atoms with van der Waals surface area (Å²) in [7, 11) is 2.06. The van der Waals surface area contributed by atoms with Crippen molar-refractivity contribution in [3.05, 3.63) is 21.4 Å². The maximum atomic E-state index is 15.1. The zero-order valence-corrected chi connectivity index (χ0v) is 19.9.